The molecule has 1 aliphatic rings. The Kier molecular flexibility index (Phi) is 8.84. The number of carbonyl (C=O) groups is 1. The summed E-state index contributed by atoms with van der Waals surface area (Å²) in [5.74, 6) is 0.530. The third-order valence-corrected chi connectivity index (χ3v) is 4.70. The zero-order valence-corrected chi connectivity index (χ0v) is 15.8. The van der Waals surface area contributed by atoms with Crippen molar-refractivity contribution in [3.05, 3.63) is 28.8 Å². The van der Waals surface area contributed by atoms with Gasteiger partial charge in [0.15, 0.2) is 6.61 Å². The SMILES string of the molecule is COCC1(CNC(=O)COc2ccc(Cl)c(C)c2)CCNCC1.Cl. The highest BCUT2D eigenvalue weighted by atomic mass is 35.5. The van der Waals surface area contributed by atoms with Crippen molar-refractivity contribution in [2.75, 3.05) is 40.0 Å². The average molecular weight is 377 g/mol. The Bertz CT molecular complexity index is 529. The highest BCUT2D eigenvalue weighted by molar-refractivity contribution is 6.31. The van der Waals surface area contributed by atoms with Crippen LogP contribution in [0.3, 0.4) is 0 Å². The Labute approximate surface area is 154 Å². The van der Waals surface area contributed by atoms with Crippen molar-refractivity contribution in [2.45, 2.75) is 19.8 Å². The molecule has 0 aromatic heterocycles. The van der Waals surface area contributed by atoms with Gasteiger partial charge in [-0.05, 0) is 56.6 Å². The topological polar surface area (TPSA) is 59.6 Å². The monoisotopic (exact) mass is 376 g/mol. The smallest absolute Gasteiger partial charge is 0.257 e. The van der Waals surface area contributed by atoms with Gasteiger partial charge in [0.2, 0.25) is 0 Å². The van der Waals surface area contributed by atoms with Gasteiger partial charge in [0.1, 0.15) is 5.75 Å². The summed E-state index contributed by atoms with van der Waals surface area (Å²) < 4.78 is 10.9. The Hall–Kier alpha value is -1.01. The lowest BCUT2D eigenvalue weighted by Gasteiger charge is -2.37. The Morgan fingerprint density at radius 2 is 2.08 bits per heavy atom. The lowest BCUT2D eigenvalue weighted by atomic mass is 9.79. The number of ether oxygens (including phenoxy) is 2. The van der Waals surface area contributed by atoms with Gasteiger partial charge in [-0.25, -0.2) is 0 Å². The predicted molar refractivity (Wildman–Crippen MR) is 98.4 cm³/mol. The van der Waals surface area contributed by atoms with Gasteiger partial charge in [0.05, 0.1) is 6.61 Å². The lowest BCUT2D eigenvalue weighted by Crippen LogP contribution is -2.47. The number of carbonyl (C=O) groups excluding carboxylic acids is 1. The molecule has 1 heterocycles. The summed E-state index contributed by atoms with van der Waals surface area (Å²) in [4.78, 5) is 12.0. The van der Waals surface area contributed by atoms with Crippen LogP contribution in [-0.4, -0.2) is 45.9 Å². The number of aryl methyl sites for hydroxylation is 1. The van der Waals surface area contributed by atoms with Crippen LogP contribution >= 0.6 is 24.0 Å². The maximum absolute atomic E-state index is 12.0. The van der Waals surface area contributed by atoms with Crippen LogP contribution in [0.1, 0.15) is 18.4 Å². The number of piperidine rings is 1. The minimum atomic E-state index is -0.119. The van der Waals surface area contributed by atoms with Crippen LogP contribution < -0.4 is 15.4 Å². The first kappa shape index (κ1) is 21.0. The van der Waals surface area contributed by atoms with Gasteiger partial charge in [0, 0.05) is 24.1 Å². The standard InChI is InChI=1S/C17H25ClN2O3.ClH/c1-13-9-14(3-4-15(13)18)23-10-16(21)20-11-17(12-22-2)5-7-19-8-6-17;/h3-4,9,19H,5-8,10-12H2,1-2H3,(H,20,21);1H. The van der Waals surface area contributed by atoms with Crippen LogP contribution in [0.5, 0.6) is 5.75 Å². The molecule has 1 saturated heterocycles. The van der Waals surface area contributed by atoms with Crippen molar-refractivity contribution < 1.29 is 14.3 Å². The van der Waals surface area contributed by atoms with Gasteiger partial charge in [-0.2, -0.15) is 0 Å². The van der Waals surface area contributed by atoms with E-state index >= 15 is 0 Å². The maximum Gasteiger partial charge on any atom is 0.257 e. The Balaban J connectivity index is 0.00000288. The lowest BCUT2D eigenvalue weighted by molar-refractivity contribution is -0.124. The van der Waals surface area contributed by atoms with E-state index in [1.54, 1.807) is 19.2 Å². The molecular formula is C17H26Cl2N2O3. The molecule has 1 aliphatic heterocycles. The van der Waals surface area contributed by atoms with E-state index in [4.69, 9.17) is 21.1 Å². The number of hydrogen-bond donors (Lipinski definition) is 2. The number of amides is 1. The fourth-order valence-corrected chi connectivity index (χ4v) is 2.95. The van der Waals surface area contributed by atoms with Crippen molar-refractivity contribution in [2.24, 2.45) is 5.41 Å². The van der Waals surface area contributed by atoms with Crippen molar-refractivity contribution in [1.82, 2.24) is 10.6 Å². The highest BCUT2D eigenvalue weighted by Gasteiger charge is 2.32. The number of nitrogens with one attached hydrogen (secondary N) is 2. The van der Waals surface area contributed by atoms with E-state index in [0.717, 1.165) is 31.5 Å². The van der Waals surface area contributed by atoms with Gasteiger partial charge in [-0.15, -0.1) is 12.4 Å². The van der Waals surface area contributed by atoms with E-state index in [0.29, 0.717) is 23.9 Å². The first-order chi connectivity index (χ1) is 11.0. The van der Waals surface area contributed by atoms with Crippen molar-refractivity contribution in [1.29, 1.82) is 0 Å². The van der Waals surface area contributed by atoms with Crippen LogP contribution in [0, 0.1) is 12.3 Å². The second-order valence-corrected chi connectivity index (χ2v) is 6.57. The molecule has 0 saturated carbocycles. The van der Waals surface area contributed by atoms with Crippen LogP contribution in [0.15, 0.2) is 18.2 Å². The van der Waals surface area contributed by atoms with Gasteiger partial charge in [0.25, 0.3) is 5.91 Å². The molecule has 5 nitrogen and oxygen atoms in total. The number of benzene rings is 1. The molecule has 2 N–H and O–H groups in total. The molecule has 1 aromatic carbocycles. The normalized spacial score (nSPS) is 16.1. The summed E-state index contributed by atoms with van der Waals surface area (Å²) in [6.45, 7) is 5.10. The molecular weight excluding hydrogens is 351 g/mol. The van der Waals surface area contributed by atoms with E-state index in [1.165, 1.54) is 0 Å². The predicted octanol–water partition coefficient (Wildman–Crippen LogP) is 2.58. The fourth-order valence-electron chi connectivity index (χ4n) is 2.83. The molecule has 0 spiro atoms. The number of methoxy groups -OCH3 is 1. The largest absolute Gasteiger partial charge is 0.484 e. The molecule has 1 aromatic rings. The van der Waals surface area contributed by atoms with E-state index in [-0.39, 0.29) is 30.3 Å². The van der Waals surface area contributed by atoms with Gasteiger partial charge in [-0.3, -0.25) is 4.79 Å². The van der Waals surface area contributed by atoms with Gasteiger partial charge in [-0.1, -0.05) is 11.6 Å². The molecule has 1 amide bonds. The summed E-state index contributed by atoms with van der Waals surface area (Å²) in [6.07, 6.45) is 2.00. The van der Waals surface area contributed by atoms with E-state index in [1.807, 2.05) is 13.0 Å². The first-order valence-electron chi connectivity index (χ1n) is 7.90. The molecule has 2 rings (SSSR count). The van der Waals surface area contributed by atoms with Gasteiger partial charge >= 0.3 is 0 Å². The highest BCUT2D eigenvalue weighted by Crippen LogP contribution is 2.28. The fraction of sp³-hybridized carbons (Fsp3) is 0.588. The summed E-state index contributed by atoms with van der Waals surface area (Å²) in [6, 6.07) is 5.36. The van der Waals surface area contributed by atoms with Gasteiger partial charge < -0.3 is 20.1 Å². The zero-order chi connectivity index (χ0) is 16.7. The van der Waals surface area contributed by atoms with Crippen molar-refractivity contribution in [3.63, 3.8) is 0 Å². The van der Waals surface area contributed by atoms with E-state index in [9.17, 15) is 4.79 Å². The quantitative estimate of drug-likeness (QED) is 0.767. The maximum atomic E-state index is 12.0. The Morgan fingerprint density at radius 1 is 1.38 bits per heavy atom. The molecule has 0 atom stereocenters. The van der Waals surface area contributed by atoms with Crippen molar-refractivity contribution in [3.8, 4) is 5.75 Å². The number of rotatable bonds is 7. The molecule has 7 heteroatoms. The summed E-state index contributed by atoms with van der Waals surface area (Å²) in [5.41, 5.74) is 0.949. The molecule has 1 fully saturated rings. The van der Waals surface area contributed by atoms with E-state index in [2.05, 4.69) is 10.6 Å². The number of halogens is 2. The minimum absolute atomic E-state index is 0. The second kappa shape index (κ2) is 10.1. The van der Waals surface area contributed by atoms with Crippen LogP contribution in [0.25, 0.3) is 0 Å². The van der Waals surface area contributed by atoms with Crippen LogP contribution in [-0.2, 0) is 9.53 Å². The molecule has 0 aliphatic carbocycles. The van der Waals surface area contributed by atoms with Crippen LogP contribution in [0.4, 0.5) is 0 Å². The molecule has 136 valence electrons. The third-order valence-electron chi connectivity index (χ3n) is 4.27. The third kappa shape index (κ3) is 6.13. The zero-order valence-electron chi connectivity index (χ0n) is 14.2. The number of hydrogen-bond acceptors (Lipinski definition) is 4. The molecule has 0 unspecified atom stereocenters. The average Bonchev–Trinajstić information content (AvgIpc) is 2.55. The Morgan fingerprint density at radius 3 is 2.71 bits per heavy atom. The van der Waals surface area contributed by atoms with Crippen LogP contribution in [0.2, 0.25) is 5.02 Å². The van der Waals surface area contributed by atoms with E-state index < -0.39 is 0 Å². The summed E-state index contributed by atoms with van der Waals surface area (Å²) in [7, 11) is 1.71. The minimum Gasteiger partial charge on any atom is -0.484 e. The molecule has 0 radical (unpaired) electrons. The van der Waals surface area contributed by atoms with Crippen molar-refractivity contribution >= 4 is 29.9 Å². The second-order valence-electron chi connectivity index (χ2n) is 6.16. The summed E-state index contributed by atoms with van der Waals surface area (Å²) >= 11 is 5.97. The molecule has 0 bridgehead atoms. The molecule has 24 heavy (non-hydrogen) atoms. The summed E-state index contributed by atoms with van der Waals surface area (Å²) in [5, 5.41) is 7.00. The first-order valence-corrected chi connectivity index (χ1v) is 8.28.